The van der Waals surface area contributed by atoms with Gasteiger partial charge in [-0.15, -0.1) is 0 Å². The zero-order valence-electron chi connectivity index (χ0n) is 9.61. The Hall–Kier alpha value is -1.36. The van der Waals surface area contributed by atoms with E-state index in [4.69, 9.17) is 17.3 Å². The van der Waals surface area contributed by atoms with Crippen molar-refractivity contribution in [1.82, 2.24) is 9.97 Å². The van der Waals surface area contributed by atoms with Crippen LogP contribution in [0.2, 0.25) is 5.15 Å². The highest BCUT2D eigenvalue weighted by Crippen LogP contribution is 2.38. The molecule has 1 amide bonds. The molecular formula is C11H15ClN4O. The molecule has 5 nitrogen and oxygen atoms in total. The topological polar surface area (TPSA) is 80.9 Å². The Balaban J connectivity index is 2.06. The van der Waals surface area contributed by atoms with Gasteiger partial charge < -0.3 is 11.1 Å². The van der Waals surface area contributed by atoms with Crippen LogP contribution < -0.4 is 11.1 Å². The first-order chi connectivity index (χ1) is 8.04. The molecule has 2 rings (SSSR count). The molecule has 1 fully saturated rings. The summed E-state index contributed by atoms with van der Waals surface area (Å²) in [7, 11) is 0. The Kier molecular flexibility index (Phi) is 3.47. The molecule has 1 aromatic rings. The van der Waals surface area contributed by atoms with Gasteiger partial charge in [-0.3, -0.25) is 4.79 Å². The number of anilines is 1. The quantitative estimate of drug-likeness (QED) is 0.784. The smallest absolute Gasteiger partial charge is 0.219 e. The fourth-order valence-corrected chi connectivity index (χ4v) is 1.83. The molecule has 0 bridgehead atoms. The molecule has 1 aliphatic carbocycles. The molecule has 3 N–H and O–H groups in total. The summed E-state index contributed by atoms with van der Waals surface area (Å²) in [4.78, 5) is 19.3. The van der Waals surface area contributed by atoms with Gasteiger partial charge >= 0.3 is 0 Å². The van der Waals surface area contributed by atoms with Crippen molar-refractivity contribution in [3.63, 3.8) is 0 Å². The van der Waals surface area contributed by atoms with Crippen LogP contribution in [0, 0.1) is 0 Å². The molecule has 1 aromatic heterocycles. The predicted molar refractivity (Wildman–Crippen MR) is 65.9 cm³/mol. The van der Waals surface area contributed by atoms with Crippen LogP contribution in [-0.2, 0) is 4.79 Å². The van der Waals surface area contributed by atoms with Crippen molar-refractivity contribution in [2.24, 2.45) is 5.73 Å². The van der Waals surface area contributed by atoms with Crippen LogP contribution in [0.25, 0.3) is 0 Å². The molecule has 1 unspecified atom stereocenters. The molecule has 1 atom stereocenters. The van der Waals surface area contributed by atoms with Gasteiger partial charge in [0.15, 0.2) is 0 Å². The zero-order chi connectivity index (χ0) is 12.4. The van der Waals surface area contributed by atoms with Gasteiger partial charge in [-0.05, 0) is 19.8 Å². The standard InChI is InChI=1S/C11H15ClN4O/c1-6(4-9(13)17)14-10-5-8(12)15-11(16-10)7-2-3-7/h5-7H,2-4H2,1H3,(H2,13,17)(H,14,15,16). The summed E-state index contributed by atoms with van der Waals surface area (Å²) in [5.41, 5.74) is 5.13. The second-order valence-electron chi connectivity index (χ2n) is 4.42. The van der Waals surface area contributed by atoms with Crippen molar-refractivity contribution in [2.75, 3.05) is 5.32 Å². The van der Waals surface area contributed by atoms with Crippen LogP contribution in [0.5, 0.6) is 0 Å². The molecule has 0 aromatic carbocycles. The minimum absolute atomic E-state index is 0.0643. The van der Waals surface area contributed by atoms with Crippen molar-refractivity contribution in [3.8, 4) is 0 Å². The molecule has 0 saturated heterocycles. The normalized spacial score (nSPS) is 16.6. The second-order valence-corrected chi connectivity index (χ2v) is 4.81. The number of carbonyl (C=O) groups is 1. The van der Waals surface area contributed by atoms with Crippen molar-refractivity contribution < 1.29 is 4.79 Å². The minimum atomic E-state index is -0.340. The predicted octanol–water partition coefficient (Wildman–Crippen LogP) is 1.68. The summed E-state index contributed by atoms with van der Waals surface area (Å²) in [6.07, 6.45) is 2.51. The third kappa shape index (κ3) is 3.56. The van der Waals surface area contributed by atoms with Gasteiger partial charge in [-0.2, -0.15) is 0 Å². The Morgan fingerprint density at radius 2 is 2.35 bits per heavy atom. The Labute approximate surface area is 105 Å². The monoisotopic (exact) mass is 254 g/mol. The van der Waals surface area contributed by atoms with Crippen LogP contribution >= 0.6 is 11.6 Å². The molecule has 92 valence electrons. The molecule has 1 saturated carbocycles. The second kappa shape index (κ2) is 4.87. The van der Waals surface area contributed by atoms with E-state index >= 15 is 0 Å². The van der Waals surface area contributed by atoms with Crippen LogP contribution in [-0.4, -0.2) is 21.9 Å². The van der Waals surface area contributed by atoms with Gasteiger partial charge in [-0.25, -0.2) is 9.97 Å². The number of aromatic nitrogens is 2. The minimum Gasteiger partial charge on any atom is -0.370 e. The van der Waals surface area contributed by atoms with E-state index < -0.39 is 0 Å². The van der Waals surface area contributed by atoms with Crippen molar-refractivity contribution >= 4 is 23.3 Å². The van der Waals surface area contributed by atoms with Crippen molar-refractivity contribution in [1.29, 1.82) is 0 Å². The average molecular weight is 255 g/mol. The van der Waals surface area contributed by atoms with E-state index in [1.165, 1.54) is 0 Å². The number of hydrogen-bond donors (Lipinski definition) is 2. The van der Waals surface area contributed by atoms with E-state index in [1.54, 1.807) is 6.07 Å². The Morgan fingerprint density at radius 1 is 1.65 bits per heavy atom. The number of nitrogens with zero attached hydrogens (tertiary/aromatic N) is 2. The summed E-state index contributed by atoms with van der Waals surface area (Å²) in [5.74, 6) is 1.54. The first kappa shape index (κ1) is 12.1. The zero-order valence-corrected chi connectivity index (χ0v) is 10.4. The number of amides is 1. The van der Waals surface area contributed by atoms with Crippen molar-refractivity contribution in [2.45, 2.75) is 38.1 Å². The molecular weight excluding hydrogens is 240 g/mol. The van der Waals surface area contributed by atoms with E-state index in [-0.39, 0.29) is 18.4 Å². The molecule has 0 radical (unpaired) electrons. The van der Waals surface area contributed by atoms with Crippen LogP contribution in [0.1, 0.15) is 37.9 Å². The van der Waals surface area contributed by atoms with E-state index in [1.807, 2.05) is 6.92 Å². The molecule has 6 heteroatoms. The fourth-order valence-electron chi connectivity index (χ4n) is 1.64. The molecule has 1 heterocycles. The van der Waals surface area contributed by atoms with Gasteiger partial charge in [0.25, 0.3) is 0 Å². The largest absolute Gasteiger partial charge is 0.370 e. The van der Waals surface area contributed by atoms with Gasteiger partial charge in [0, 0.05) is 24.4 Å². The van der Waals surface area contributed by atoms with E-state index in [0.717, 1.165) is 18.7 Å². The summed E-state index contributed by atoms with van der Waals surface area (Å²) in [6.45, 7) is 1.87. The summed E-state index contributed by atoms with van der Waals surface area (Å²) in [5, 5.41) is 3.53. The number of hydrogen-bond acceptors (Lipinski definition) is 4. The van der Waals surface area contributed by atoms with Gasteiger partial charge in [0.2, 0.25) is 5.91 Å². The van der Waals surface area contributed by atoms with E-state index in [0.29, 0.717) is 16.9 Å². The first-order valence-electron chi connectivity index (χ1n) is 5.64. The third-order valence-electron chi connectivity index (χ3n) is 2.56. The first-order valence-corrected chi connectivity index (χ1v) is 6.01. The lowest BCUT2D eigenvalue weighted by Crippen LogP contribution is -2.24. The average Bonchev–Trinajstić information content (AvgIpc) is 2.97. The molecule has 17 heavy (non-hydrogen) atoms. The highest BCUT2D eigenvalue weighted by atomic mass is 35.5. The van der Waals surface area contributed by atoms with Crippen molar-refractivity contribution in [3.05, 3.63) is 17.0 Å². The number of primary amides is 1. The number of halogens is 1. The highest BCUT2D eigenvalue weighted by molar-refractivity contribution is 6.29. The van der Waals surface area contributed by atoms with Crippen LogP contribution in [0.3, 0.4) is 0 Å². The number of carbonyl (C=O) groups excluding carboxylic acids is 1. The number of nitrogens with two attached hydrogens (primary N) is 1. The summed E-state index contributed by atoms with van der Waals surface area (Å²) < 4.78 is 0. The van der Waals surface area contributed by atoms with Crippen LogP contribution in [0.4, 0.5) is 5.82 Å². The lowest BCUT2D eigenvalue weighted by atomic mass is 10.2. The maximum Gasteiger partial charge on any atom is 0.219 e. The lowest BCUT2D eigenvalue weighted by molar-refractivity contribution is -0.118. The fraction of sp³-hybridized carbons (Fsp3) is 0.545. The molecule has 1 aliphatic rings. The maximum atomic E-state index is 10.8. The van der Waals surface area contributed by atoms with Gasteiger partial charge in [0.1, 0.15) is 16.8 Å². The molecule has 0 spiro atoms. The van der Waals surface area contributed by atoms with Gasteiger partial charge in [-0.1, -0.05) is 11.6 Å². The Morgan fingerprint density at radius 3 is 2.94 bits per heavy atom. The number of nitrogens with one attached hydrogen (secondary N) is 1. The van der Waals surface area contributed by atoms with Crippen LogP contribution in [0.15, 0.2) is 6.07 Å². The Bertz CT molecular complexity index is 433. The summed E-state index contributed by atoms with van der Waals surface area (Å²) in [6, 6.07) is 1.59. The maximum absolute atomic E-state index is 10.8. The third-order valence-corrected chi connectivity index (χ3v) is 2.75. The number of rotatable bonds is 5. The highest BCUT2D eigenvalue weighted by Gasteiger charge is 2.27. The van der Waals surface area contributed by atoms with Gasteiger partial charge in [0.05, 0.1) is 0 Å². The SMILES string of the molecule is CC(CC(N)=O)Nc1cc(Cl)nc(C2CC2)n1. The molecule has 0 aliphatic heterocycles. The summed E-state index contributed by atoms with van der Waals surface area (Å²) >= 11 is 5.93. The van der Waals surface area contributed by atoms with E-state index in [9.17, 15) is 4.79 Å². The van der Waals surface area contributed by atoms with E-state index in [2.05, 4.69) is 15.3 Å². The lowest BCUT2D eigenvalue weighted by Gasteiger charge is -2.13.